The summed E-state index contributed by atoms with van der Waals surface area (Å²) in [6.45, 7) is 0. The largest absolute Gasteiger partial charge is 0.491 e. The van der Waals surface area contributed by atoms with Crippen molar-refractivity contribution < 1.29 is 14.5 Å². The average Bonchev–Trinajstić information content (AvgIpc) is 2.68. The Balaban J connectivity index is 2.34. The van der Waals surface area contributed by atoms with Crippen molar-refractivity contribution in [3.05, 3.63) is 42.7 Å². The molecular weight excluding hydrogens is 179 g/mol. The van der Waals surface area contributed by atoms with Gasteiger partial charge in [0.15, 0.2) is 0 Å². The molecule has 0 aliphatic carbocycles. The van der Waals surface area contributed by atoms with Crippen LogP contribution in [0.4, 0.5) is 0 Å². The van der Waals surface area contributed by atoms with E-state index in [4.69, 9.17) is 14.5 Å². The summed E-state index contributed by atoms with van der Waals surface area (Å²) in [5.74, 6) is 0.633. The number of hydrogen-bond donors (Lipinski definition) is 2. The first-order chi connectivity index (χ1) is 6.77. The molecule has 70 valence electrons. The highest BCUT2D eigenvalue weighted by atomic mass is 16.4. The summed E-state index contributed by atoms with van der Waals surface area (Å²) in [4.78, 5) is 0. The second-order valence-corrected chi connectivity index (χ2v) is 2.98. The van der Waals surface area contributed by atoms with Gasteiger partial charge in [0.2, 0.25) is 0 Å². The van der Waals surface area contributed by atoms with Crippen molar-refractivity contribution in [3.63, 3.8) is 0 Å². The Labute approximate surface area is 81.8 Å². The van der Waals surface area contributed by atoms with Gasteiger partial charge in [-0.05, 0) is 6.07 Å². The molecule has 0 bridgehead atoms. The van der Waals surface area contributed by atoms with E-state index in [1.165, 1.54) is 6.26 Å². The predicted octanol–water partition coefficient (Wildman–Crippen LogP) is 0.626. The van der Waals surface area contributed by atoms with Crippen LogP contribution in [0.3, 0.4) is 0 Å². The lowest BCUT2D eigenvalue weighted by atomic mass is 9.82. The molecule has 0 unspecified atom stereocenters. The molecule has 1 aromatic carbocycles. The van der Waals surface area contributed by atoms with E-state index in [-0.39, 0.29) is 0 Å². The van der Waals surface area contributed by atoms with Crippen LogP contribution >= 0.6 is 0 Å². The van der Waals surface area contributed by atoms with Crippen LogP contribution in [-0.4, -0.2) is 17.2 Å². The topological polar surface area (TPSA) is 53.6 Å². The number of benzene rings is 1. The van der Waals surface area contributed by atoms with Gasteiger partial charge in [-0.15, -0.1) is 0 Å². The first-order valence-corrected chi connectivity index (χ1v) is 4.27. The molecule has 0 saturated heterocycles. The molecule has 2 aromatic rings. The molecule has 3 nitrogen and oxygen atoms in total. The first-order valence-electron chi connectivity index (χ1n) is 4.27. The van der Waals surface area contributed by atoms with Gasteiger partial charge in [-0.1, -0.05) is 30.3 Å². The molecule has 1 aromatic heterocycles. The zero-order chi connectivity index (χ0) is 9.97. The van der Waals surface area contributed by atoms with Gasteiger partial charge in [0.25, 0.3) is 0 Å². The van der Waals surface area contributed by atoms with E-state index in [1.54, 1.807) is 6.07 Å². The zero-order valence-electron chi connectivity index (χ0n) is 7.42. The minimum absolute atomic E-state index is 0.365. The maximum Gasteiger partial charge on any atom is 0.491 e. The van der Waals surface area contributed by atoms with Gasteiger partial charge >= 0.3 is 7.12 Å². The molecule has 0 radical (unpaired) electrons. The molecule has 0 saturated carbocycles. The van der Waals surface area contributed by atoms with Crippen LogP contribution < -0.4 is 5.46 Å². The normalized spacial score (nSPS) is 10.1. The van der Waals surface area contributed by atoms with E-state index in [2.05, 4.69) is 0 Å². The molecule has 0 aliphatic rings. The Morgan fingerprint density at radius 3 is 2.36 bits per heavy atom. The fourth-order valence-corrected chi connectivity index (χ4v) is 1.24. The maximum atomic E-state index is 8.88. The van der Waals surface area contributed by atoms with Gasteiger partial charge in [0.05, 0.1) is 6.26 Å². The number of furan rings is 1. The molecule has 0 atom stereocenters. The van der Waals surface area contributed by atoms with Crippen molar-refractivity contribution in [2.75, 3.05) is 0 Å². The van der Waals surface area contributed by atoms with Crippen molar-refractivity contribution in [1.82, 2.24) is 0 Å². The maximum absolute atomic E-state index is 8.88. The Hall–Kier alpha value is -1.52. The fourth-order valence-electron chi connectivity index (χ4n) is 1.24. The fraction of sp³-hybridized carbons (Fsp3) is 0. The van der Waals surface area contributed by atoms with Crippen LogP contribution in [0.1, 0.15) is 0 Å². The lowest BCUT2D eigenvalue weighted by Gasteiger charge is -1.93. The third-order valence-electron chi connectivity index (χ3n) is 1.98. The van der Waals surface area contributed by atoms with Crippen molar-refractivity contribution in [3.8, 4) is 11.3 Å². The van der Waals surface area contributed by atoms with Crippen LogP contribution in [0.25, 0.3) is 11.3 Å². The van der Waals surface area contributed by atoms with Crippen LogP contribution in [0.5, 0.6) is 0 Å². The minimum atomic E-state index is -1.48. The van der Waals surface area contributed by atoms with Crippen LogP contribution in [0, 0.1) is 0 Å². The van der Waals surface area contributed by atoms with Gasteiger partial charge in [-0.25, -0.2) is 0 Å². The predicted molar refractivity (Wildman–Crippen MR) is 54.0 cm³/mol. The van der Waals surface area contributed by atoms with Crippen LogP contribution in [0.2, 0.25) is 0 Å². The molecule has 0 spiro atoms. The SMILES string of the molecule is OB(O)c1coc(-c2ccccc2)c1. The molecule has 2 rings (SSSR count). The number of rotatable bonds is 2. The lowest BCUT2D eigenvalue weighted by Crippen LogP contribution is -2.27. The molecule has 1 heterocycles. The molecule has 0 amide bonds. The summed E-state index contributed by atoms with van der Waals surface area (Å²) in [7, 11) is -1.48. The second-order valence-electron chi connectivity index (χ2n) is 2.98. The smallest absolute Gasteiger partial charge is 0.465 e. The zero-order valence-corrected chi connectivity index (χ0v) is 7.42. The Kier molecular flexibility index (Phi) is 2.39. The van der Waals surface area contributed by atoms with Gasteiger partial charge < -0.3 is 14.5 Å². The van der Waals surface area contributed by atoms with Gasteiger partial charge in [-0.2, -0.15) is 0 Å². The van der Waals surface area contributed by atoms with Gasteiger partial charge in [0, 0.05) is 11.0 Å². The Morgan fingerprint density at radius 1 is 1.07 bits per heavy atom. The summed E-state index contributed by atoms with van der Waals surface area (Å²) in [5.41, 5.74) is 1.28. The highest BCUT2D eigenvalue weighted by molar-refractivity contribution is 6.58. The monoisotopic (exact) mass is 188 g/mol. The summed E-state index contributed by atoms with van der Waals surface area (Å²) in [5, 5.41) is 17.8. The van der Waals surface area contributed by atoms with Crippen molar-refractivity contribution in [2.24, 2.45) is 0 Å². The van der Waals surface area contributed by atoms with Gasteiger partial charge in [0.1, 0.15) is 5.76 Å². The van der Waals surface area contributed by atoms with Crippen molar-refractivity contribution in [2.45, 2.75) is 0 Å². The molecular formula is C10H9BO3. The molecule has 0 aliphatic heterocycles. The second kappa shape index (κ2) is 3.70. The minimum Gasteiger partial charge on any atom is -0.465 e. The highest BCUT2D eigenvalue weighted by Crippen LogP contribution is 2.17. The van der Waals surface area contributed by atoms with E-state index < -0.39 is 7.12 Å². The van der Waals surface area contributed by atoms with Crippen molar-refractivity contribution >= 4 is 12.6 Å². The number of hydrogen-bond acceptors (Lipinski definition) is 3. The Bertz CT molecular complexity index is 408. The standard InChI is InChI=1S/C10H9BO3/c12-11(13)9-6-10(14-7-9)8-4-2-1-3-5-8/h1-7,12-13H. The summed E-state index contributed by atoms with van der Waals surface area (Å²) < 4.78 is 5.19. The molecule has 0 fully saturated rings. The third kappa shape index (κ3) is 1.71. The third-order valence-corrected chi connectivity index (χ3v) is 1.98. The lowest BCUT2D eigenvalue weighted by molar-refractivity contribution is 0.425. The van der Waals surface area contributed by atoms with Crippen LogP contribution in [0.15, 0.2) is 47.1 Å². The van der Waals surface area contributed by atoms with Crippen LogP contribution in [-0.2, 0) is 0 Å². The molecule has 14 heavy (non-hydrogen) atoms. The summed E-state index contributed by atoms with van der Waals surface area (Å²) in [6, 6.07) is 11.1. The Morgan fingerprint density at radius 2 is 1.79 bits per heavy atom. The summed E-state index contributed by atoms with van der Waals surface area (Å²) in [6.07, 6.45) is 1.34. The van der Waals surface area contributed by atoms with Gasteiger partial charge in [-0.3, -0.25) is 0 Å². The quantitative estimate of drug-likeness (QED) is 0.679. The van der Waals surface area contributed by atoms with Crippen molar-refractivity contribution in [1.29, 1.82) is 0 Å². The van der Waals surface area contributed by atoms with E-state index in [9.17, 15) is 0 Å². The molecule has 4 heteroatoms. The van der Waals surface area contributed by atoms with E-state index in [0.717, 1.165) is 5.56 Å². The van der Waals surface area contributed by atoms with E-state index in [0.29, 0.717) is 11.2 Å². The van der Waals surface area contributed by atoms with E-state index >= 15 is 0 Å². The first kappa shape index (κ1) is 9.06. The summed E-state index contributed by atoms with van der Waals surface area (Å²) >= 11 is 0. The average molecular weight is 188 g/mol. The highest BCUT2D eigenvalue weighted by Gasteiger charge is 2.14. The molecule has 2 N–H and O–H groups in total. The van der Waals surface area contributed by atoms with E-state index in [1.807, 2.05) is 30.3 Å².